The molecule has 5 nitrogen and oxygen atoms in total. The Morgan fingerprint density at radius 3 is 2.23 bits per heavy atom. The minimum absolute atomic E-state index is 0.0324. The third-order valence-corrected chi connectivity index (χ3v) is 8.10. The molecule has 0 aromatic heterocycles. The lowest BCUT2D eigenvalue weighted by molar-refractivity contribution is -0.143. The number of ether oxygens (including phenoxy) is 1. The van der Waals surface area contributed by atoms with Crippen LogP contribution in [0.1, 0.15) is 43.2 Å². The predicted octanol–water partition coefficient (Wildman–Crippen LogP) is 7.77. The van der Waals surface area contributed by atoms with Crippen molar-refractivity contribution in [2.75, 3.05) is 6.61 Å². The van der Waals surface area contributed by atoms with Crippen molar-refractivity contribution in [3.05, 3.63) is 97.9 Å². The SMILES string of the molecule is O=C(NC1CCCCC1)C(Cc1ccccc1)N(Cc1c(Cl)cccc1Cl)C(=O)COc1ccc(Cl)cc1Cl. The maximum Gasteiger partial charge on any atom is 0.261 e. The maximum atomic E-state index is 13.8. The van der Waals surface area contributed by atoms with Gasteiger partial charge >= 0.3 is 0 Å². The van der Waals surface area contributed by atoms with E-state index in [-0.39, 0.29) is 30.1 Å². The topological polar surface area (TPSA) is 58.6 Å². The van der Waals surface area contributed by atoms with Crippen LogP contribution in [-0.2, 0) is 22.6 Å². The second kappa shape index (κ2) is 14.3. The Hall–Kier alpha value is -2.44. The van der Waals surface area contributed by atoms with Gasteiger partial charge in [-0.2, -0.15) is 0 Å². The highest BCUT2D eigenvalue weighted by molar-refractivity contribution is 6.36. The van der Waals surface area contributed by atoms with Gasteiger partial charge in [0.2, 0.25) is 5.91 Å². The van der Waals surface area contributed by atoms with Crippen molar-refractivity contribution in [3.63, 3.8) is 0 Å². The van der Waals surface area contributed by atoms with Crippen molar-refractivity contribution < 1.29 is 14.3 Å². The Labute approximate surface area is 249 Å². The molecule has 1 N–H and O–H groups in total. The molecule has 1 fully saturated rings. The van der Waals surface area contributed by atoms with E-state index in [1.54, 1.807) is 36.4 Å². The third kappa shape index (κ3) is 8.28. The molecular formula is C30H30Cl4N2O3. The third-order valence-electron chi connectivity index (χ3n) is 6.86. The van der Waals surface area contributed by atoms with Crippen LogP contribution in [0, 0.1) is 0 Å². The molecule has 1 atom stereocenters. The van der Waals surface area contributed by atoms with Crippen molar-refractivity contribution in [2.45, 2.75) is 57.2 Å². The Morgan fingerprint density at radius 1 is 0.872 bits per heavy atom. The number of carbonyl (C=O) groups excluding carboxylic acids is 2. The highest BCUT2D eigenvalue weighted by atomic mass is 35.5. The van der Waals surface area contributed by atoms with Gasteiger partial charge in [0.05, 0.1) is 5.02 Å². The van der Waals surface area contributed by atoms with Gasteiger partial charge in [-0.1, -0.05) is 102 Å². The van der Waals surface area contributed by atoms with Crippen LogP contribution in [0.4, 0.5) is 0 Å². The van der Waals surface area contributed by atoms with Crippen LogP contribution in [0.15, 0.2) is 66.7 Å². The average molecular weight is 608 g/mol. The van der Waals surface area contributed by atoms with Crippen LogP contribution in [0.2, 0.25) is 20.1 Å². The van der Waals surface area contributed by atoms with E-state index in [9.17, 15) is 9.59 Å². The first-order valence-electron chi connectivity index (χ1n) is 13.0. The van der Waals surface area contributed by atoms with Gasteiger partial charge in [-0.3, -0.25) is 9.59 Å². The molecule has 0 radical (unpaired) electrons. The second-order valence-corrected chi connectivity index (χ2v) is 11.3. The molecular weight excluding hydrogens is 578 g/mol. The number of hydrogen-bond acceptors (Lipinski definition) is 3. The Morgan fingerprint density at radius 2 is 1.56 bits per heavy atom. The fraction of sp³-hybridized carbons (Fsp3) is 0.333. The van der Waals surface area contributed by atoms with E-state index in [4.69, 9.17) is 51.1 Å². The number of rotatable bonds is 10. The van der Waals surface area contributed by atoms with Crippen molar-refractivity contribution in [2.24, 2.45) is 0 Å². The fourth-order valence-electron chi connectivity index (χ4n) is 4.77. The number of hydrogen-bond donors (Lipinski definition) is 1. The zero-order valence-corrected chi connectivity index (χ0v) is 24.4. The van der Waals surface area contributed by atoms with Gasteiger partial charge in [0, 0.05) is 39.6 Å². The highest BCUT2D eigenvalue weighted by Crippen LogP contribution is 2.29. The quantitative estimate of drug-likeness (QED) is 0.256. The summed E-state index contributed by atoms with van der Waals surface area (Å²) in [6.45, 7) is -0.309. The summed E-state index contributed by atoms with van der Waals surface area (Å²) < 4.78 is 5.78. The summed E-state index contributed by atoms with van der Waals surface area (Å²) in [6.07, 6.45) is 5.47. The van der Waals surface area contributed by atoms with E-state index in [0.717, 1.165) is 31.2 Å². The van der Waals surface area contributed by atoms with Gasteiger partial charge in [-0.25, -0.2) is 0 Å². The summed E-state index contributed by atoms with van der Waals surface area (Å²) in [5.41, 5.74) is 1.48. The summed E-state index contributed by atoms with van der Waals surface area (Å²) in [4.78, 5) is 29.2. The Balaban J connectivity index is 1.65. The van der Waals surface area contributed by atoms with Crippen molar-refractivity contribution in [1.29, 1.82) is 0 Å². The standard InChI is InChI=1S/C30H30Cl4N2O3/c31-21-14-15-28(26(34)17-21)39-19-29(37)36(18-23-24(32)12-7-13-25(23)33)27(16-20-8-3-1-4-9-20)30(38)35-22-10-5-2-6-11-22/h1,3-4,7-9,12-15,17,22,27H,2,5-6,10-11,16,18-19H2,(H,35,38). The zero-order valence-electron chi connectivity index (χ0n) is 21.3. The molecule has 3 aromatic rings. The monoisotopic (exact) mass is 606 g/mol. The molecule has 4 rings (SSSR count). The van der Waals surface area contributed by atoms with Crippen LogP contribution >= 0.6 is 46.4 Å². The Bertz CT molecular complexity index is 1260. The molecule has 0 spiro atoms. The normalized spacial score (nSPS) is 14.5. The van der Waals surface area contributed by atoms with Crippen molar-refractivity contribution >= 4 is 58.2 Å². The fourth-order valence-corrected chi connectivity index (χ4v) is 5.75. The minimum Gasteiger partial charge on any atom is -0.482 e. The van der Waals surface area contributed by atoms with Gasteiger partial charge in [-0.05, 0) is 48.7 Å². The molecule has 0 saturated heterocycles. The summed E-state index contributed by atoms with van der Waals surface area (Å²) in [5, 5.41) is 4.76. The lowest BCUT2D eigenvalue weighted by Crippen LogP contribution is -2.53. The molecule has 1 aliphatic carbocycles. The Kier molecular flexibility index (Phi) is 10.8. The zero-order chi connectivity index (χ0) is 27.8. The number of nitrogens with zero attached hydrogens (tertiary/aromatic N) is 1. The lowest BCUT2D eigenvalue weighted by Gasteiger charge is -2.33. The largest absolute Gasteiger partial charge is 0.482 e. The number of carbonyl (C=O) groups is 2. The summed E-state index contributed by atoms with van der Waals surface area (Å²) >= 11 is 25.3. The first-order valence-corrected chi connectivity index (χ1v) is 14.5. The summed E-state index contributed by atoms with van der Waals surface area (Å²) in [7, 11) is 0. The van der Waals surface area contributed by atoms with Crippen LogP contribution in [0.25, 0.3) is 0 Å². The van der Waals surface area contributed by atoms with E-state index in [2.05, 4.69) is 5.32 Å². The lowest BCUT2D eigenvalue weighted by atomic mass is 9.94. The molecule has 0 heterocycles. The number of benzene rings is 3. The molecule has 1 saturated carbocycles. The van der Waals surface area contributed by atoms with Gasteiger partial charge < -0.3 is 15.0 Å². The molecule has 2 amide bonds. The van der Waals surface area contributed by atoms with E-state index in [1.807, 2.05) is 30.3 Å². The first kappa shape index (κ1) is 29.5. The maximum absolute atomic E-state index is 13.8. The second-order valence-electron chi connectivity index (χ2n) is 9.63. The van der Waals surface area contributed by atoms with Crippen LogP contribution in [0.5, 0.6) is 5.75 Å². The number of amides is 2. The van der Waals surface area contributed by atoms with Crippen molar-refractivity contribution in [3.8, 4) is 5.75 Å². The van der Waals surface area contributed by atoms with Crippen LogP contribution < -0.4 is 10.1 Å². The van der Waals surface area contributed by atoms with Crippen LogP contribution in [-0.4, -0.2) is 35.4 Å². The summed E-state index contributed by atoms with van der Waals surface area (Å²) in [5.74, 6) is -0.306. The number of nitrogens with one attached hydrogen (secondary N) is 1. The molecule has 3 aromatic carbocycles. The van der Waals surface area contributed by atoms with E-state index >= 15 is 0 Å². The smallest absolute Gasteiger partial charge is 0.261 e. The van der Waals surface area contributed by atoms with Gasteiger partial charge in [-0.15, -0.1) is 0 Å². The molecule has 9 heteroatoms. The molecule has 206 valence electrons. The average Bonchev–Trinajstić information content (AvgIpc) is 2.92. The molecule has 0 aliphatic heterocycles. The molecule has 0 bridgehead atoms. The van der Waals surface area contributed by atoms with E-state index < -0.39 is 11.9 Å². The summed E-state index contributed by atoms with van der Waals surface area (Å²) in [6, 6.07) is 18.8. The van der Waals surface area contributed by atoms with Gasteiger partial charge in [0.1, 0.15) is 11.8 Å². The van der Waals surface area contributed by atoms with Crippen molar-refractivity contribution in [1.82, 2.24) is 10.2 Å². The first-order chi connectivity index (χ1) is 18.8. The van der Waals surface area contributed by atoms with Gasteiger partial charge in [0.15, 0.2) is 6.61 Å². The highest BCUT2D eigenvalue weighted by Gasteiger charge is 2.33. The predicted molar refractivity (Wildman–Crippen MR) is 158 cm³/mol. The molecule has 1 unspecified atom stereocenters. The minimum atomic E-state index is -0.821. The molecule has 39 heavy (non-hydrogen) atoms. The van der Waals surface area contributed by atoms with Crippen LogP contribution in [0.3, 0.4) is 0 Å². The number of halogens is 4. The molecule has 1 aliphatic rings. The van der Waals surface area contributed by atoms with Gasteiger partial charge in [0.25, 0.3) is 5.91 Å². The van der Waals surface area contributed by atoms with E-state index in [1.165, 1.54) is 11.3 Å². The van der Waals surface area contributed by atoms with E-state index in [0.29, 0.717) is 32.8 Å².